The van der Waals surface area contributed by atoms with Gasteiger partial charge in [-0.15, -0.1) is 11.8 Å². The van der Waals surface area contributed by atoms with E-state index < -0.39 is 5.97 Å². The summed E-state index contributed by atoms with van der Waals surface area (Å²) in [5.41, 5.74) is 1.47. The van der Waals surface area contributed by atoms with E-state index >= 15 is 0 Å². The molecule has 0 fully saturated rings. The van der Waals surface area contributed by atoms with Gasteiger partial charge in [0.2, 0.25) is 0 Å². The zero-order valence-electron chi connectivity index (χ0n) is 10.7. The molecule has 19 heavy (non-hydrogen) atoms. The molecule has 0 unspecified atom stereocenters. The largest absolute Gasteiger partial charge is 0.478 e. The highest BCUT2D eigenvalue weighted by Gasteiger charge is 2.10. The second kappa shape index (κ2) is 6.43. The van der Waals surface area contributed by atoms with Crippen molar-refractivity contribution in [2.24, 2.45) is 0 Å². The van der Waals surface area contributed by atoms with Gasteiger partial charge in [0.05, 0.1) is 11.9 Å². The minimum absolute atomic E-state index is 0.356. The van der Waals surface area contributed by atoms with E-state index in [1.54, 1.807) is 12.1 Å². The molecule has 0 spiro atoms. The van der Waals surface area contributed by atoms with Gasteiger partial charge in [-0.2, -0.15) is 0 Å². The maximum absolute atomic E-state index is 11.1. The molecule has 0 bridgehead atoms. The minimum atomic E-state index is -0.884. The number of carboxylic acids is 1. The van der Waals surface area contributed by atoms with Crippen molar-refractivity contribution in [1.29, 1.82) is 0 Å². The number of hydrogen-bond donors (Lipinski definition) is 1. The monoisotopic (exact) mass is 276 g/mol. The van der Waals surface area contributed by atoms with Crippen LogP contribution in [0.5, 0.6) is 0 Å². The van der Waals surface area contributed by atoms with Gasteiger partial charge in [0.25, 0.3) is 0 Å². The normalized spacial score (nSPS) is 10.6. The summed E-state index contributed by atoms with van der Waals surface area (Å²) < 4.78 is 2.11. The summed E-state index contributed by atoms with van der Waals surface area (Å²) in [4.78, 5) is 16.1. The van der Waals surface area contributed by atoms with Crippen LogP contribution in [0.25, 0.3) is 0 Å². The van der Waals surface area contributed by atoms with Crippen molar-refractivity contribution in [3.63, 3.8) is 0 Å². The molecule has 1 N–H and O–H groups in total. The van der Waals surface area contributed by atoms with Crippen LogP contribution in [-0.2, 0) is 12.3 Å². The van der Waals surface area contributed by atoms with Gasteiger partial charge in [0.1, 0.15) is 0 Å². The van der Waals surface area contributed by atoms with Crippen LogP contribution in [-0.4, -0.2) is 20.6 Å². The molecule has 0 radical (unpaired) electrons. The summed E-state index contributed by atoms with van der Waals surface area (Å²) in [6.07, 6.45) is 4.72. The number of hydrogen-bond acceptors (Lipinski definition) is 3. The minimum Gasteiger partial charge on any atom is -0.478 e. The number of nitrogens with zero attached hydrogens (tertiary/aromatic N) is 2. The van der Waals surface area contributed by atoms with Gasteiger partial charge in [-0.1, -0.05) is 19.1 Å². The predicted octanol–water partition coefficient (Wildman–Crippen LogP) is 3.28. The number of imidazole rings is 1. The van der Waals surface area contributed by atoms with E-state index in [1.807, 2.05) is 24.7 Å². The Kier molecular flexibility index (Phi) is 4.63. The second-order valence-electron chi connectivity index (χ2n) is 4.17. The van der Waals surface area contributed by atoms with Crippen LogP contribution in [0.3, 0.4) is 0 Å². The summed E-state index contributed by atoms with van der Waals surface area (Å²) in [5, 5.41) is 9.13. The number of thioether (sulfide) groups is 1. The lowest BCUT2D eigenvalue weighted by atomic mass is 10.2. The van der Waals surface area contributed by atoms with Crippen LogP contribution in [0.15, 0.2) is 41.7 Å². The number of benzene rings is 1. The molecule has 2 rings (SSSR count). The molecular weight excluding hydrogens is 260 g/mol. The molecule has 0 atom stereocenters. The lowest BCUT2D eigenvalue weighted by Gasteiger charge is -2.08. The summed E-state index contributed by atoms with van der Waals surface area (Å²) in [7, 11) is 0. The Balaban J connectivity index is 2.10. The third-order valence-corrected chi connectivity index (χ3v) is 3.86. The summed E-state index contributed by atoms with van der Waals surface area (Å²) in [5.74, 6) is -0.158. The summed E-state index contributed by atoms with van der Waals surface area (Å²) in [6.45, 7) is 3.06. The standard InChI is InChI=1S/C14H16N2O2S/c1-2-7-16-10-15-8-11(16)9-19-13-6-4-3-5-12(13)14(17)18/h3-6,8,10H,2,7,9H2,1H3,(H,17,18). The van der Waals surface area contributed by atoms with Gasteiger partial charge >= 0.3 is 5.97 Å². The molecular formula is C14H16N2O2S. The molecule has 4 nitrogen and oxygen atoms in total. The Hall–Kier alpha value is -1.75. The van der Waals surface area contributed by atoms with Crippen molar-refractivity contribution in [1.82, 2.24) is 9.55 Å². The number of aromatic nitrogens is 2. The highest BCUT2D eigenvalue weighted by molar-refractivity contribution is 7.98. The first-order chi connectivity index (χ1) is 9.22. The van der Waals surface area contributed by atoms with Crippen molar-refractivity contribution in [2.45, 2.75) is 30.5 Å². The third kappa shape index (κ3) is 3.38. The quantitative estimate of drug-likeness (QED) is 0.823. The molecule has 0 saturated heterocycles. The van der Waals surface area contributed by atoms with Crippen molar-refractivity contribution < 1.29 is 9.90 Å². The smallest absolute Gasteiger partial charge is 0.336 e. The van der Waals surface area contributed by atoms with E-state index in [2.05, 4.69) is 16.5 Å². The maximum atomic E-state index is 11.1. The maximum Gasteiger partial charge on any atom is 0.336 e. The Morgan fingerprint density at radius 3 is 2.95 bits per heavy atom. The van der Waals surface area contributed by atoms with Crippen LogP contribution in [0.2, 0.25) is 0 Å². The predicted molar refractivity (Wildman–Crippen MR) is 75.5 cm³/mol. The van der Waals surface area contributed by atoms with Crippen LogP contribution in [0.4, 0.5) is 0 Å². The number of carbonyl (C=O) groups is 1. The lowest BCUT2D eigenvalue weighted by Crippen LogP contribution is -2.01. The Morgan fingerprint density at radius 1 is 1.42 bits per heavy atom. The van der Waals surface area contributed by atoms with Gasteiger partial charge in [-0.3, -0.25) is 0 Å². The van der Waals surface area contributed by atoms with E-state index in [0.717, 1.165) is 29.3 Å². The Morgan fingerprint density at radius 2 is 2.21 bits per heavy atom. The molecule has 0 aliphatic rings. The first kappa shape index (κ1) is 13.7. The second-order valence-corrected chi connectivity index (χ2v) is 5.19. The Bertz CT molecular complexity index is 566. The molecule has 1 aromatic heterocycles. The highest BCUT2D eigenvalue weighted by atomic mass is 32.2. The van der Waals surface area contributed by atoms with Gasteiger partial charge in [-0.05, 0) is 18.6 Å². The fraction of sp³-hybridized carbons (Fsp3) is 0.286. The van der Waals surface area contributed by atoms with Gasteiger partial charge in [-0.25, -0.2) is 9.78 Å². The fourth-order valence-electron chi connectivity index (χ4n) is 1.83. The SMILES string of the molecule is CCCn1cncc1CSc1ccccc1C(=O)O. The molecule has 5 heteroatoms. The topological polar surface area (TPSA) is 55.1 Å². The first-order valence-electron chi connectivity index (χ1n) is 6.16. The van der Waals surface area contributed by atoms with E-state index in [-0.39, 0.29) is 0 Å². The van der Waals surface area contributed by atoms with Crippen molar-refractivity contribution in [3.8, 4) is 0 Å². The number of carboxylic acid groups (broad SMARTS) is 1. The van der Waals surface area contributed by atoms with Crippen LogP contribution in [0, 0.1) is 0 Å². The molecule has 0 saturated carbocycles. The van der Waals surface area contributed by atoms with Crippen LogP contribution < -0.4 is 0 Å². The average Bonchev–Trinajstić information content (AvgIpc) is 2.84. The summed E-state index contributed by atoms with van der Waals surface area (Å²) >= 11 is 1.53. The average molecular weight is 276 g/mol. The lowest BCUT2D eigenvalue weighted by molar-refractivity contribution is 0.0693. The van der Waals surface area contributed by atoms with E-state index in [1.165, 1.54) is 11.8 Å². The molecule has 1 aromatic carbocycles. The van der Waals surface area contributed by atoms with Gasteiger partial charge in [0.15, 0.2) is 0 Å². The Labute approximate surface area is 116 Å². The van der Waals surface area contributed by atoms with Gasteiger partial charge < -0.3 is 9.67 Å². The molecule has 2 aromatic rings. The third-order valence-electron chi connectivity index (χ3n) is 2.76. The van der Waals surface area contributed by atoms with E-state index in [9.17, 15) is 4.79 Å². The summed E-state index contributed by atoms with van der Waals surface area (Å²) in [6, 6.07) is 7.08. The zero-order valence-corrected chi connectivity index (χ0v) is 11.6. The van der Waals surface area contributed by atoms with Gasteiger partial charge in [0, 0.05) is 29.1 Å². The molecule has 1 heterocycles. The molecule has 0 aliphatic heterocycles. The molecule has 100 valence electrons. The van der Waals surface area contributed by atoms with E-state index in [0.29, 0.717) is 5.56 Å². The van der Waals surface area contributed by atoms with E-state index in [4.69, 9.17) is 5.11 Å². The van der Waals surface area contributed by atoms with Crippen LogP contribution >= 0.6 is 11.8 Å². The molecule has 0 amide bonds. The van der Waals surface area contributed by atoms with Crippen LogP contribution in [0.1, 0.15) is 29.4 Å². The number of aryl methyl sites for hydroxylation is 1. The van der Waals surface area contributed by atoms with Crippen molar-refractivity contribution in [2.75, 3.05) is 0 Å². The highest BCUT2D eigenvalue weighted by Crippen LogP contribution is 2.26. The van der Waals surface area contributed by atoms with Crippen molar-refractivity contribution in [3.05, 3.63) is 48.0 Å². The van der Waals surface area contributed by atoms with Crippen molar-refractivity contribution >= 4 is 17.7 Å². The number of rotatable bonds is 6. The fourth-order valence-corrected chi connectivity index (χ4v) is 2.86. The molecule has 0 aliphatic carbocycles. The first-order valence-corrected chi connectivity index (χ1v) is 7.15. The number of aromatic carboxylic acids is 1. The zero-order chi connectivity index (χ0) is 13.7.